The predicted octanol–water partition coefficient (Wildman–Crippen LogP) is 3.35. The Morgan fingerprint density at radius 3 is 2.27 bits per heavy atom. The first kappa shape index (κ1) is 12.9. The molecule has 1 aliphatic rings. The lowest BCUT2D eigenvalue weighted by Gasteiger charge is -2.36. The zero-order valence-electron chi connectivity index (χ0n) is 10.9. The Labute approximate surface area is 94.8 Å². The molecule has 1 fully saturated rings. The highest BCUT2D eigenvalue weighted by Gasteiger charge is 2.43. The summed E-state index contributed by atoms with van der Waals surface area (Å²) < 4.78 is 11.6. The van der Waals surface area contributed by atoms with E-state index in [4.69, 9.17) is 9.16 Å². The largest absolute Gasteiger partial charge is 0.414 e. The molecule has 15 heavy (non-hydrogen) atoms. The topological polar surface area (TPSA) is 21.8 Å². The summed E-state index contributed by atoms with van der Waals surface area (Å²) in [6, 6.07) is 0. The number of hydrogen-bond donors (Lipinski definition) is 0. The Hall–Kier alpha value is -0.123. The fourth-order valence-corrected chi connectivity index (χ4v) is 2.22. The summed E-state index contributed by atoms with van der Waals surface area (Å²) in [6.07, 6.45) is 0.506. The lowest BCUT2D eigenvalue weighted by atomic mass is 10.2. The zero-order valence-corrected chi connectivity index (χ0v) is 11.9. The maximum Gasteiger partial charge on any atom is 0.192 e. The van der Waals surface area contributed by atoms with Crippen LogP contribution in [0.15, 0.2) is 12.2 Å². The van der Waals surface area contributed by atoms with Gasteiger partial charge in [0.05, 0.1) is 6.61 Å². The minimum Gasteiger partial charge on any atom is -0.414 e. The van der Waals surface area contributed by atoms with Crippen LogP contribution in [0.25, 0.3) is 0 Å². The van der Waals surface area contributed by atoms with Crippen molar-refractivity contribution in [2.75, 3.05) is 6.61 Å². The van der Waals surface area contributed by atoms with Crippen molar-refractivity contribution in [3.8, 4) is 0 Å². The van der Waals surface area contributed by atoms with Gasteiger partial charge in [-0.05, 0) is 30.6 Å². The number of ether oxygens (including phenoxy) is 1. The van der Waals surface area contributed by atoms with E-state index in [0.717, 1.165) is 12.2 Å². The van der Waals surface area contributed by atoms with E-state index in [1.807, 2.05) is 6.92 Å². The van der Waals surface area contributed by atoms with E-state index in [9.17, 15) is 0 Å². The molecule has 1 aliphatic heterocycles. The van der Waals surface area contributed by atoms with Gasteiger partial charge >= 0.3 is 0 Å². The summed E-state index contributed by atoms with van der Waals surface area (Å²) in [4.78, 5) is 0. The normalized spacial score (nSPS) is 26.5. The summed E-state index contributed by atoms with van der Waals surface area (Å²) in [5.74, 6) is 0. The van der Waals surface area contributed by atoms with Gasteiger partial charge in [0.15, 0.2) is 8.32 Å². The van der Waals surface area contributed by atoms with Crippen LogP contribution in [0.2, 0.25) is 18.1 Å². The summed E-state index contributed by atoms with van der Waals surface area (Å²) in [6.45, 7) is 17.9. The molecular formula is C12H24O2Si. The standard InChI is InChI=1S/C12H24O2Si/c1-9(2)11-10(14-11)8-13-15(6,7)12(3,4)5/h10-11H,1,8H2,2-7H3/t10-,11+/m0/s1. The summed E-state index contributed by atoms with van der Waals surface area (Å²) in [5, 5.41) is 0.278. The molecule has 0 aromatic heterocycles. The van der Waals surface area contributed by atoms with E-state index >= 15 is 0 Å². The van der Waals surface area contributed by atoms with Crippen LogP contribution in [0.3, 0.4) is 0 Å². The SMILES string of the molecule is C=C(C)[C@H]1O[C@H]1CO[Si](C)(C)C(C)(C)C. The Morgan fingerprint density at radius 2 is 1.93 bits per heavy atom. The number of rotatable bonds is 4. The lowest BCUT2D eigenvalue weighted by Crippen LogP contribution is -2.41. The Kier molecular flexibility index (Phi) is 3.48. The minimum atomic E-state index is -1.60. The number of epoxide rings is 1. The Bertz CT molecular complexity index is 253. The fourth-order valence-electron chi connectivity index (χ4n) is 1.21. The highest BCUT2D eigenvalue weighted by molar-refractivity contribution is 6.74. The smallest absolute Gasteiger partial charge is 0.192 e. The number of hydrogen-bond acceptors (Lipinski definition) is 2. The monoisotopic (exact) mass is 228 g/mol. The maximum atomic E-state index is 6.07. The molecule has 1 saturated heterocycles. The van der Waals surface area contributed by atoms with Gasteiger partial charge in [0.1, 0.15) is 12.2 Å². The quantitative estimate of drug-likeness (QED) is 0.418. The van der Waals surface area contributed by atoms with Crippen molar-refractivity contribution in [2.24, 2.45) is 0 Å². The Morgan fingerprint density at radius 1 is 1.40 bits per heavy atom. The molecule has 2 atom stereocenters. The van der Waals surface area contributed by atoms with E-state index in [1.165, 1.54) is 0 Å². The molecule has 1 rings (SSSR count). The van der Waals surface area contributed by atoms with Gasteiger partial charge in [-0.25, -0.2) is 0 Å². The van der Waals surface area contributed by atoms with Crippen molar-refractivity contribution in [1.82, 2.24) is 0 Å². The van der Waals surface area contributed by atoms with Crippen LogP contribution < -0.4 is 0 Å². The minimum absolute atomic E-state index is 0.245. The van der Waals surface area contributed by atoms with Crippen LogP contribution in [-0.2, 0) is 9.16 Å². The van der Waals surface area contributed by atoms with Crippen molar-refractivity contribution in [3.05, 3.63) is 12.2 Å². The van der Waals surface area contributed by atoms with E-state index in [0.29, 0.717) is 0 Å². The third kappa shape index (κ3) is 3.16. The summed E-state index contributed by atoms with van der Waals surface area (Å²) in [5.41, 5.74) is 1.11. The average molecular weight is 228 g/mol. The van der Waals surface area contributed by atoms with Gasteiger partial charge in [-0.2, -0.15) is 0 Å². The summed E-state index contributed by atoms with van der Waals surface area (Å²) in [7, 11) is -1.60. The van der Waals surface area contributed by atoms with Crippen LogP contribution >= 0.6 is 0 Å². The fraction of sp³-hybridized carbons (Fsp3) is 0.833. The van der Waals surface area contributed by atoms with Crippen molar-refractivity contribution < 1.29 is 9.16 Å². The van der Waals surface area contributed by atoms with Gasteiger partial charge in [-0.15, -0.1) is 0 Å². The molecule has 0 saturated carbocycles. The first-order valence-corrected chi connectivity index (χ1v) is 8.51. The van der Waals surface area contributed by atoms with Crippen LogP contribution in [0.4, 0.5) is 0 Å². The first-order valence-electron chi connectivity index (χ1n) is 5.60. The maximum absolute atomic E-state index is 6.07. The van der Waals surface area contributed by atoms with Crippen molar-refractivity contribution in [2.45, 2.75) is 58.0 Å². The average Bonchev–Trinajstić information content (AvgIpc) is 2.77. The summed E-state index contributed by atoms with van der Waals surface area (Å²) >= 11 is 0. The molecule has 0 aliphatic carbocycles. The van der Waals surface area contributed by atoms with Crippen LogP contribution in [0, 0.1) is 0 Å². The van der Waals surface area contributed by atoms with E-state index in [2.05, 4.69) is 40.4 Å². The van der Waals surface area contributed by atoms with Crippen molar-refractivity contribution in [3.63, 3.8) is 0 Å². The van der Waals surface area contributed by atoms with Crippen molar-refractivity contribution >= 4 is 8.32 Å². The van der Waals surface area contributed by atoms with Gasteiger partial charge in [0.25, 0.3) is 0 Å². The molecule has 0 N–H and O–H groups in total. The molecule has 88 valence electrons. The van der Waals surface area contributed by atoms with E-state index in [-0.39, 0.29) is 17.2 Å². The first-order chi connectivity index (χ1) is 6.65. The van der Waals surface area contributed by atoms with Gasteiger partial charge in [0.2, 0.25) is 0 Å². The predicted molar refractivity (Wildman–Crippen MR) is 66.6 cm³/mol. The van der Waals surface area contributed by atoms with Gasteiger partial charge < -0.3 is 9.16 Å². The highest BCUT2D eigenvalue weighted by atomic mass is 28.4. The molecule has 0 amide bonds. The second kappa shape index (κ2) is 4.04. The van der Waals surface area contributed by atoms with E-state index < -0.39 is 8.32 Å². The lowest BCUT2D eigenvalue weighted by molar-refractivity contribution is 0.242. The third-order valence-electron chi connectivity index (χ3n) is 3.48. The second-order valence-electron chi connectivity index (χ2n) is 6.01. The molecule has 0 aromatic carbocycles. The molecule has 0 bridgehead atoms. The molecule has 0 aromatic rings. The highest BCUT2D eigenvalue weighted by Crippen LogP contribution is 2.38. The van der Waals surface area contributed by atoms with Gasteiger partial charge in [-0.1, -0.05) is 27.4 Å². The Balaban J connectivity index is 2.36. The molecule has 0 spiro atoms. The molecule has 2 nitrogen and oxygen atoms in total. The molecule has 1 heterocycles. The van der Waals surface area contributed by atoms with E-state index in [1.54, 1.807) is 0 Å². The van der Waals surface area contributed by atoms with Crippen LogP contribution in [0.5, 0.6) is 0 Å². The van der Waals surface area contributed by atoms with Gasteiger partial charge in [-0.3, -0.25) is 0 Å². The molecule has 3 heteroatoms. The van der Waals surface area contributed by atoms with Gasteiger partial charge in [0, 0.05) is 0 Å². The third-order valence-corrected chi connectivity index (χ3v) is 7.98. The van der Waals surface area contributed by atoms with Crippen LogP contribution in [-0.4, -0.2) is 27.1 Å². The van der Waals surface area contributed by atoms with Crippen molar-refractivity contribution in [1.29, 1.82) is 0 Å². The molecule has 0 unspecified atom stereocenters. The second-order valence-corrected chi connectivity index (χ2v) is 10.8. The molecule has 0 radical (unpaired) electrons. The zero-order chi connectivity index (χ0) is 11.9. The van der Waals surface area contributed by atoms with Crippen LogP contribution in [0.1, 0.15) is 27.7 Å². The molecular weight excluding hydrogens is 204 g/mol.